The Bertz CT molecular complexity index is 491. The van der Waals surface area contributed by atoms with Crippen LogP contribution in [0.15, 0.2) is 30.3 Å². The average molecular weight is 307 g/mol. The van der Waals surface area contributed by atoms with Crippen LogP contribution >= 0.6 is 0 Å². The number of carbonyl (C=O) groups excluding carboxylic acids is 1. The lowest BCUT2D eigenvalue weighted by Gasteiger charge is -2.12. The molecule has 1 fully saturated rings. The number of amides is 1. The van der Waals surface area contributed by atoms with Gasteiger partial charge in [-0.2, -0.15) is 0 Å². The van der Waals surface area contributed by atoms with Crippen LogP contribution in [0.5, 0.6) is 5.75 Å². The summed E-state index contributed by atoms with van der Waals surface area (Å²) in [6.45, 7) is 0.666. The van der Waals surface area contributed by atoms with Crippen molar-refractivity contribution in [1.82, 2.24) is 5.32 Å². The van der Waals surface area contributed by atoms with Gasteiger partial charge >= 0.3 is 5.97 Å². The Labute approximate surface area is 129 Å². The number of hydrogen-bond acceptors (Lipinski definition) is 4. The standard InChI is InChI=1S/C16H21NO5/c18-15(17-13-7-6-12(10-13)16(19)20)11-21-8-9-22-14-4-2-1-3-5-14/h1-5,12-13H,6-11H2,(H,17,18)(H,19,20)/t12-,13+/m0/s1. The van der Waals surface area contributed by atoms with Gasteiger partial charge in [-0.05, 0) is 31.4 Å². The highest BCUT2D eigenvalue weighted by Gasteiger charge is 2.30. The Morgan fingerprint density at radius 3 is 2.64 bits per heavy atom. The molecular weight excluding hydrogens is 286 g/mol. The van der Waals surface area contributed by atoms with Crippen molar-refractivity contribution in [2.45, 2.75) is 25.3 Å². The van der Waals surface area contributed by atoms with Crippen molar-refractivity contribution in [2.24, 2.45) is 5.92 Å². The fourth-order valence-corrected chi connectivity index (χ4v) is 2.51. The summed E-state index contributed by atoms with van der Waals surface area (Å²) in [5.41, 5.74) is 0. The second-order valence-electron chi connectivity index (χ2n) is 5.33. The van der Waals surface area contributed by atoms with E-state index in [2.05, 4.69) is 5.32 Å². The molecule has 1 amide bonds. The van der Waals surface area contributed by atoms with E-state index in [1.54, 1.807) is 0 Å². The summed E-state index contributed by atoms with van der Waals surface area (Å²) in [6, 6.07) is 9.33. The van der Waals surface area contributed by atoms with Gasteiger partial charge in [0.25, 0.3) is 0 Å². The highest BCUT2D eigenvalue weighted by atomic mass is 16.5. The van der Waals surface area contributed by atoms with Crippen molar-refractivity contribution in [3.05, 3.63) is 30.3 Å². The molecule has 6 heteroatoms. The number of rotatable bonds is 8. The van der Waals surface area contributed by atoms with Gasteiger partial charge in [-0.25, -0.2) is 0 Å². The lowest BCUT2D eigenvalue weighted by atomic mass is 10.1. The van der Waals surface area contributed by atoms with E-state index in [0.29, 0.717) is 32.5 Å². The zero-order valence-corrected chi connectivity index (χ0v) is 12.4. The lowest BCUT2D eigenvalue weighted by Crippen LogP contribution is -2.36. The predicted octanol–water partition coefficient (Wildman–Crippen LogP) is 1.45. The number of aliphatic carboxylic acids is 1. The Hall–Kier alpha value is -2.08. The second-order valence-corrected chi connectivity index (χ2v) is 5.33. The summed E-state index contributed by atoms with van der Waals surface area (Å²) >= 11 is 0. The van der Waals surface area contributed by atoms with Crippen LogP contribution in [0.1, 0.15) is 19.3 Å². The molecule has 0 spiro atoms. The molecule has 0 aliphatic heterocycles. The van der Waals surface area contributed by atoms with Crippen molar-refractivity contribution in [2.75, 3.05) is 19.8 Å². The zero-order valence-electron chi connectivity index (χ0n) is 12.4. The average Bonchev–Trinajstić information content (AvgIpc) is 2.96. The van der Waals surface area contributed by atoms with E-state index in [-0.39, 0.29) is 24.5 Å². The molecule has 2 atom stereocenters. The first-order valence-electron chi connectivity index (χ1n) is 7.43. The number of hydrogen-bond donors (Lipinski definition) is 2. The number of nitrogens with one attached hydrogen (secondary N) is 1. The van der Waals surface area contributed by atoms with E-state index in [0.717, 1.165) is 5.75 Å². The number of carboxylic acids is 1. The van der Waals surface area contributed by atoms with Crippen LogP contribution in [-0.2, 0) is 14.3 Å². The van der Waals surface area contributed by atoms with Crippen LogP contribution in [0.25, 0.3) is 0 Å². The molecule has 0 radical (unpaired) electrons. The Balaban J connectivity index is 1.54. The SMILES string of the molecule is O=C(COCCOc1ccccc1)N[C@@H]1CC[C@H](C(=O)O)C1. The monoisotopic (exact) mass is 307 g/mol. The molecule has 0 heterocycles. The van der Waals surface area contributed by atoms with Crippen molar-refractivity contribution in [3.63, 3.8) is 0 Å². The van der Waals surface area contributed by atoms with Gasteiger partial charge < -0.3 is 19.9 Å². The predicted molar refractivity (Wildman–Crippen MR) is 79.7 cm³/mol. The Morgan fingerprint density at radius 1 is 1.18 bits per heavy atom. The number of benzene rings is 1. The maximum atomic E-state index is 11.7. The van der Waals surface area contributed by atoms with Crippen LogP contribution in [-0.4, -0.2) is 42.8 Å². The molecule has 1 saturated carbocycles. The summed E-state index contributed by atoms with van der Waals surface area (Å²) in [7, 11) is 0. The van der Waals surface area contributed by atoms with Crippen LogP contribution in [0.3, 0.4) is 0 Å². The van der Waals surface area contributed by atoms with Gasteiger partial charge in [-0.15, -0.1) is 0 Å². The third-order valence-corrected chi connectivity index (χ3v) is 3.62. The lowest BCUT2D eigenvalue weighted by molar-refractivity contribution is -0.141. The first kappa shape index (κ1) is 16.3. The molecule has 22 heavy (non-hydrogen) atoms. The number of para-hydroxylation sites is 1. The first-order chi connectivity index (χ1) is 10.6. The van der Waals surface area contributed by atoms with Gasteiger partial charge in [0, 0.05) is 6.04 Å². The van der Waals surface area contributed by atoms with Crippen LogP contribution in [0, 0.1) is 5.92 Å². The number of ether oxygens (including phenoxy) is 2. The minimum Gasteiger partial charge on any atom is -0.491 e. The molecule has 0 unspecified atom stereocenters. The Morgan fingerprint density at radius 2 is 1.95 bits per heavy atom. The van der Waals surface area contributed by atoms with Crippen LogP contribution in [0.2, 0.25) is 0 Å². The van der Waals surface area contributed by atoms with E-state index >= 15 is 0 Å². The fourth-order valence-electron chi connectivity index (χ4n) is 2.51. The van der Waals surface area contributed by atoms with Gasteiger partial charge in [-0.3, -0.25) is 9.59 Å². The summed E-state index contributed by atoms with van der Waals surface area (Å²) in [5.74, 6) is -0.575. The van der Waals surface area contributed by atoms with Gasteiger partial charge in [0.15, 0.2) is 0 Å². The van der Waals surface area contributed by atoms with Crippen LogP contribution in [0.4, 0.5) is 0 Å². The van der Waals surface area contributed by atoms with E-state index < -0.39 is 5.97 Å². The van der Waals surface area contributed by atoms with E-state index in [1.807, 2.05) is 30.3 Å². The fraction of sp³-hybridized carbons (Fsp3) is 0.500. The molecule has 0 saturated heterocycles. The highest BCUT2D eigenvalue weighted by Crippen LogP contribution is 2.25. The van der Waals surface area contributed by atoms with Crippen molar-refractivity contribution >= 4 is 11.9 Å². The smallest absolute Gasteiger partial charge is 0.306 e. The summed E-state index contributed by atoms with van der Waals surface area (Å²) < 4.78 is 10.7. The zero-order chi connectivity index (χ0) is 15.8. The van der Waals surface area contributed by atoms with E-state index in [1.165, 1.54) is 0 Å². The molecule has 2 rings (SSSR count). The summed E-state index contributed by atoms with van der Waals surface area (Å²) in [4.78, 5) is 22.5. The van der Waals surface area contributed by atoms with Crippen molar-refractivity contribution in [1.29, 1.82) is 0 Å². The minimum atomic E-state index is -0.786. The van der Waals surface area contributed by atoms with Crippen molar-refractivity contribution in [3.8, 4) is 5.75 Å². The molecular formula is C16H21NO5. The second kappa shape index (κ2) is 8.38. The number of carboxylic acid groups (broad SMARTS) is 1. The summed E-state index contributed by atoms with van der Waals surface area (Å²) in [6.07, 6.45) is 1.82. The third kappa shape index (κ3) is 5.37. The maximum Gasteiger partial charge on any atom is 0.306 e. The molecule has 1 aliphatic carbocycles. The minimum absolute atomic E-state index is 0.0353. The molecule has 120 valence electrons. The Kier molecular flexibility index (Phi) is 6.21. The van der Waals surface area contributed by atoms with E-state index in [4.69, 9.17) is 14.6 Å². The molecule has 6 nitrogen and oxygen atoms in total. The molecule has 0 aromatic heterocycles. The molecule has 1 aromatic carbocycles. The molecule has 1 aromatic rings. The molecule has 2 N–H and O–H groups in total. The maximum absolute atomic E-state index is 11.7. The largest absolute Gasteiger partial charge is 0.491 e. The summed E-state index contributed by atoms with van der Waals surface area (Å²) in [5, 5.41) is 11.7. The molecule has 1 aliphatic rings. The quantitative estimate of drug-likeness (QED) is 0.710. The van der Waals surface area contributed by atoms with Gasteiger partial charge in [0.1, 0.15) is 19.0 Å². The number of carbonyl (C=O) groups is 2. The van der Waals surface area contributed by atoms with E-state index in [9.17, 15) is 9.59 Å². The first-order valence-corrected chi connectivity index (χ1v) is 7.43. The normalized spacial score (nSPS) is 20.5. The van der Waals surface area contributed by atoms with Crippen LogP contribution < -0.4 is 10.1 Å². The van der Waals surface area contributed by atoms with Gasteiger partial charge in [0.05, 0.1) is 12.5 Å². The molecule has 0 bridgehead atoms. The highest BCUT2D eigenvalue weighted by molar-refractivity contribution is 5.78. The van der Waals surface area contributed by atoms with Gasteiger partial charge in [-0.1, -0.05) is 18.2 Å². The van der Waals surface area contributed by atoms with Gasteiger partial charge in [0.2, 0.25) is 5.91 Å². The third-order valence-electron chi connectivity index (χ3n) is 3.62. The topological polar surface area (TPSA) is 84.9 Å². The van der Waals surface area contributed by atoms with Crippen molar-refractivity contribution < 1.29 is 24.2 Å².